The smallest absolute Gasteiger partial charge is 0.249 e. The van der Waals surface area contributed by atoms with Crippen molar-refractivity contribution in [1.29, 1.82) is 0 Å². The van der Waals surface area contributed by atoms with E-state index in [1.165, 1.54) is 12.8 Å². The van der Waals surface area contributed by atoms with E-state index in [-0.39, 0.29) is 18.1 Å². The van der Waals surface area contributed by atoms with Gasteiger partial charge in [-0.25, -0.2) is 0 Å². The summed E-state index contributed by atoms with van der Waals surface area (Å²) < 4.78 is 11.2. The molecule has 0 saturated heterocycles. The highest BCUT2D eigenvalue weighted by molar-refractivity contribution is 5.80. The summed E-state index contributed by atoms with van der Waals surface area (Å²) in [4.78, 5) is 12.4. The van der Waals surface area contributed by atoms with Gasteiger partial charge in [0.05, 0.1) is 11.8 Å². The van der Waals surface area contributed by atoms with E-state index in [1.807, 2.05) is 20.8 Å². The number of nitrogens with zero attached hydrogens (tertiary/aromatic N) is 1. The van der Waals surface area contributed by atoms with Gasteiger partial charge in [0.25, 0.3) is 0 Å². The summed E-state index contributed by atoms with van der Waals surface area (Å²) in [6, 6.07) is 0. The van der Waals surface area contributed by atoms with Gasteiger partial charge in [-0.1, -0.05) is 31.8 Å². The molecule has 5 heteroatoms. The third-order valence-corrected chi connectivity index (χ3v) is 4.53. The number of carbonyl (C=O) groups excluding carboxylic acids is 1. The van der Waals surface area contributed by atoms with E-state index in [4.69, 9.17) is 9.26 Å². The fourth-order valence-electron chi connectivity index (χ4n) is 3.12. The van der Waals surface area contributed by atoms with Crippen LogP contribution in [0, 0.1) is 19.8 Å². The average molecular weight is 308 g/mol. The number of aryl methyl sites for hydroxylation is 2. The highest BCUT2D eigenvalue weighted by Crippen LogP contribution is 2.27. The quantitative estimate of drug-likeness (QED) is 0.876. The van der Waals surface area contributed by atoms with Crippen molar-refractivity contribution in [3.05, 3.63) is 17.0 Å². The maximum atomic E-state index is 12.4. The maximum Gasteiger partial charge on any atom is 0.249 e. The Bertz CT molecular complexity index is 479. The molecule has 0 aromatic carbocycles. The Morgan fingerprint density at radius 1 is 1.45 bits per heavy atom. The van der Waals surface area contributed by atoms with Crippen molar-refractivity contribution in [1.82, 2.24) is 10.5 Å². The van der Waals surface area contributed by atoms with Gasteiger partial charge < -0.3 is 14.6 Å². The molecule has 0 radical (unpaired) electrons. The van der Waals surface area contributed by atoms with Gasteiger partial charge in [-0.15, -0.1) is 0 Å². The van der Waals surface area contributed by atoms with Gasteiger partial charge in [0, 0.05) is 12.1 Å². The van der Waals surface area contributed by atoms with E-state index in [9.17, 15) is 4.79 Å². The average Bonchev–Trinajstić information content (AvgIpc) is 2.81. The van der Waals surface area contributed by atoms with Crippen molar-refractivity contribution in [3.63, 3.8) is 0 Å². The highest BCUT2D eigenvalue weighted by atomic mass is 16.5. The lowest BCUT2D eigenvalue weighted by Crippen LogP contribution is -2.39. The van der Waals surface area contributed by atoms with Gasteiger partial charge in [0.1, 0.15) is 11.9 Å². The molecule has 2 rings (SSSR count). The number of nitrogens with one attached hydrogen (secondary N) is 1. The van der Waals surface area contributed by atoms with Crippen molar-refractivity contribution in [2.24, 2.45) is 5.92 Å². The minimum absolute atomic E-state index is 0.0410. The molecule has 22 heavy (non-hydrogen) atoms. The van der Waals surface area contributed by atoms with Crippen LogP contribution in [0.1, 0.15) is 63.0 Å². The second-order valence-electron chi connectivity index (χ2n) is 6.45. The van der Waals surface area contributed by atoms with Gasteiger partial charge in [-0.05, 0) is 39.0 Å². The lowest BCUT2D eigenvalue weighted by molar-refractivity contribution is -0.139. The van der Waals surface area contributed by atoms with Gasteiger partial charge in [-0.3, -0.25) is 4.79 Å². The first-order valence-corrected chi connectivity index (χ1v) is 8.36. The topological polar surface area (TPSA) is 64.4 Å². The first-order chi connectivity index (χ1) is 10.5. The highest BCUT2D eigenvalue weighted by Gasteiger charge is 2.26. The molecule has 124 valence electrons. The Morgan fingerprint density at radius 2 is 2.23 bits per heavy atom. The van der Waals surface area contributed by atoms with Crippen LogP contribution >= 0.6 is 0 Å². The molecule has 0 unspecified atom stereocenters. The molecule has 1 aromatic rings. The van der Waals surface area contributed by atoms with E-state index in [1.54, 1.807) is 0 Å². The van der Waals surface area contributed by atoms with Crippen LogP contribution in [-0.2, 0) is 16.1 Å². The van der Waals surface area contributed by atoms with Crippen LogP contribution in [0.25, 0.3) is 0 Å². The van der Waals surface area contributed by atoms with Crippen LogP contribution < -0.4 is 5.32 Å². The molecule has 1 fully saturated rings. The largest absolute Gasteiger partial charge is 0.365 e. The summed E-state index contributed by atoms with van der Waals surface area (Å²) in [6.07, 6.45) is 5.15. The molecule has 3 atom stereocenters. The predicted molar refractivity (Wildman–Crippen MR) is 84.4 cm³/mol. The van der Waals surface area contributed by atoms with Crippen LogP contribution in [0.5, 0.6) is 0 Å². The van der Waals surface area contributed by atoms with Gasteiger partial charge >= 0.3 is 0 Å². The SMILES string of the molecule is CC[C@H](O[C@H]1CCC[C@H](C)C1)C(=O)NCc1c(C)noc1C. The molecule has 1 aliphatic rings. The molecular weight excluding hydrogens is 280 g/mol. The predicted octanol–water partition coefficient (Wildman–Crippen LogP) is 3.28. The van der Waals surface area contributed by atoms with Crippen molar-refractivity contribution < 1.29 is 14.1 Å². The van der Waals surface area contributed by atoms with Crippen molar-refractivity contribution >= 4 is 5.91 Å². The number of aromatic nitrogens is 1. The molecule has 1 heterocycles. The van der Waals surface area contributed by atoms with Gasteiger partial charge in [0.2, 0.25) is 5.91 Å². The first kappa shape index (κ1) is 17.0. The Hall–Kier alpha value is -1.36. The fraction of sp³-hybridized carbons (Fsp3) is 0.765. The first-order valence-electron chi connectivity index (χ1n) is 8.36. The van der Waals surface area contributed by atoms with Crippen LogP contribution in [0.4, 0.5) is 0 Å². The summed E-state index contributed by atoms with van der Waals surface area (Å²) in [5.41, 5.74) is 1.78. The zero-order chi connectivity index (χ0) is 16.1. The fourth-order valence-corrected chi connectivity index (χ4v) is 3.12. The number of carbonyl (C=O) groups is 1. The summed E-state index contributed by atoms with van der Waals surface area (Å²) in [6.45, 7) is 8.44. The summed E-state index contributed by atoms with van der Waals surface area (Å²) >= 11 is 0. The summed E-state index contributed by atoms with van der Waals surface area (Å²) in [7, 11) is 0. The number of ether oxygens (including phenoxy) is 1. The Balaban J connectivity index is 1.86. The van der Waals surface area contributed by atoms with Gasteiger partial charge in [0.15, 0.2) is 0 Å². The molecule has 1 aliphatic carbocycles. The van der Waals surface area contributed by atoms with Crippen LogP contribution in [0.2, 0.25) is 0 Å². The molecule has 0 bridgehead atoms. The Labute approximate surface area is 132 Å². The van der Waals surface area contributed by atoms with E-state index >= 15 is 0 Å². The molecule has 1 saturated carbocycles. The summed E-state index contributed by atoms with van der Waals surface area (Å²) in [5, 5.41) is 6.86. The van der Waals surface area contributed by atoms with E-state index in [0.29, 0.717) is 18.9 Å². The monoisotopic (exact) mass is 308 g/mol. The number of hydrogen-bond donors (Lipinski definition) is 1. The van der Waals surface area contributed by atoms with E-state index in [0.717, 1.165) is 29.9 Å². The number of rotatable bonds is 6. The third-order valence-electron chi connectivity index (χ3n) is 4.53. The molecule has 0 aliphatic heterocycles. The lowest BCUT2D eigenvalue weighted by Gasteiger charge is -2.29. The molecule has 1 aromatic heterocycles. The maximum absolute atomic E-state index is 12.4. The molecule has 1 amide bonds. The number of amides is 1. The standard InChI is InChI=1S/C17H28N2O3/c1-5-16(21-14-8-6-7-11(2)9-14)17(20)18-10-15-12(3)19-22-13(15)4/h11,14,16H,5-10H2,1-4H3,(H,18,20)/t11-,14-,16-/m0/s1. The van der Waals surface area contributed by atoms with E-state index in [2.05, 4.69) is 17.4 Å². The minimum Gasteiger partial charge on any atom is -0.365 e. The number of hydrogen-bond acceptors (Lipinski definition) is 4. The van der Waals surface area contributed by atoms with E-state index < -0.39 is 0 Å². The van der Waals surface area contributed by atoms with Crippen molar-refractivity contribution in [2.45, 2.75) is 78.6 Å². The zero-order valence-corrected chi connectivity index (χ0v) is 14.1. The second kappa shape index (κ2) is 7.77. The van der Waals surface area contributed by atoms with Crippen molar-refractivity contribution in [3.8, 4) is 0 Å². The lowest BCUT2D eigenvalue weighted by atomic mass is 9.88. The zero-order valence-electron chi connectivity index (χ0n) is 14.1. The Morgan fingerprint density at radius 3 is 2.82 bits per heavy atom. The molecule has 0 spiro atoms. The van der Waals surface area contributed by atoms with Crippen LogP contribution in [-0.4, -0.2) is 23.3 Å². The van der Waals surface area contributed by atoms with Crippen LogP contribution in [0.15, 0.2) is 4.52 Å². The molecular formula is C17H28N2O3. The molecule has 1 N–H and O–H groups in total. The molecule has 5 nitrogen and oxygen atoms in total. The minimum atomic E-state index is -0.365. The third kappa shape index (κ3) is 4.32. The van der Waals surface area contributed by atoms with Gasteiger partial charge in [-0.2, -0.15) is 0 Å². The normalized spacial score (nSPS) is 23.3. The second-order valence-corrected chi connectivity index (χ2v) is 6.45. The Kier molecular flexibility index (Phi) is 6.00. The van der Waals surface area contributed by atoms with Crippen molar-refractivity contribution in [2.75, 3.05) is 0 Å². The van der Waals surface area contributed by atoms with Crippen LogP contribution in [0.3, 0.4) is 0 Å². The summed E-state index contributed by atoms with van der Waals surface area (Å²) in [5.74, 6) is 1.41.